The van der Waals surface area contributed by atoms with Crippen LogP contribution in [0.15, 0.2) is 121 Å². The maximum Gasteiger partial charge on any atom is 0.118 e. The van der Waals surface area contributed by atoms with Crippen molar-refractivity contribution in [2.24, 2.45) is 0 Å². The zero-order valence-corrected chi connectivity index (χ0v) is 16.5. The highest BCUT2D eigenvalue weighted by Gasteiger charge is 2.14. The van der Waals surface area contributed by atoms with E-state index in [0.717, 1.165) is 5.75 Å². The van der Waals surface area contributed by atoms with E-state index in [1.807, 2.05) is 12.1 Å². The highest BCUT2D eigenvalue weighted by Crippen LogP contribution is 2.33. The molecule has 0 aromatic heterocycles. The maximum atomic E-state index is 5.35. The summed E-state index contributed by atoms with van der Waals surface area (Å²) in [7, 11) is 1.70. The SMILES string of the molecule is COc1ccc(/C(=C/C(c2ccccc2)c2ccccc2)c2ccccc2)cc1. The second-order valence-corrected chi connectivity index (χ2v) is 6.97. The first-order chi connectivity index (χ1) is 14.3. The van der Waals surface area contributed by atoms with Crippen LogP contribution in [0.3, 0.4) is 0 Å². The fourth-order valence-electron chi connectivity index (χ4n) is 3.62. The van der Waals surface area contributed by atoms with Gasteiger partial charge in [-0.15, -0.1) is 0 Å². The lowest BCUT2D eigenvalue weighted by Gasteiger charge is -2.18. The molecule has 142 valence electrons. The van der Waals surface area contributed by atoms with Gasteiger partial charge in [0.1, 0.15) is 5.75 Å². The molecular formula is C28H24O. The largest absolute Gasteiger partial charge is 0.497 e. The summed E-state index contributed by atoms with van der Waals surface area (Å²) in [6.45, 7) is 0. The van der Waals surface area contributed by atoms with Crippen LogP contribution in [0, 0.1) is 0 Å². The Labute approximate surface area is 172 Å². The van der Waals surface area contributed by atoms with Gasteiger partial charge < -0.3 is 4.74 Å². The van der Waals surface area contributed by atoms with E-state index in [9.17, 15) is 0 Å². The van der Waals surface area contributed by atoms with Crippen molar-refractivity contribution in [2.45, 2.75) is 5.92 Å². The number of hydrogen-bond donors (Lipinski definition) is 0. The van der Waals surface area contributed by atoms with E-state index in [2.05, 4.69) is 109 Å². The van der Waals surface area contributed by atoms with Crippen LogP contribution < -0.4 is 4.74 Å². The smallest absolute Gasteiger partial charge is 0.118 e. The summed E-state index contributed by atoms with van der Waals surface area (Å²) >= 11 is 0. The molecule has 4 aromatic rings. The topological polar surface area (TPSA) is 9.23 Å². The van der Waals surface area contributed by atoms with Gasteiger partial charge in [-0.3, -0.25) is 0 Å². The molecule has 0 aliphatic heterocycles. The molecule has 4 rings (SSSR count). The molecule has 0 N–H and O–H groups in total. The lowest BCUT2D eigenvalue weighted by Crippen LogP contribution is -2.00. The number of allylic oxidation sites excluding steroid dienone is 1. The summed E-state index contributed by atoms with van der Waals surface area (Å²) in [6, 6.07) is 40.2. The fraction of sp³-hybridized carbons (Fsp3) is 0.0714. The minimum Gasteiger partial charge on any atom is -0.497 e. The number of benzene rings is 4. The molecule has 0 aliphatic carbocycles. The van der Waals surface area contributed by atoms with Gasteiger partial charge in [0.2, 0.25) is 0 Å². The van der Waals surface area contributed by atoms with E-state index < -0.39 is 0 Å². The molecule has 0 fully saturated rings. The fourth-order valence-corrected chi connectivity index (χ4v) is 3.62. The third-order valence-corrected chi connectivity index (χ3v) is 5.14. The molecule has 0 saturated carbocycles. The normalized spacial score (nSPS) is 11.4. The van der Waals surface area contributed by atoms with E-state index in [1.165, 1.54) is 27.8 Å². The summed E-state index contributed by atoms with van der Waals surface area (Å²) < 4.78 is 5.35. The second-order valence-electron chi connectivity index (χ2n) is 6.97. The van der Waals surface area contributed by atoms with E-state index in [-0.39, 0.29) is 5.92 Å². The Hall–Kier alpha value is -3.58. The number of ether oxygens (including phenoxy) is 1. The standard InChI is InChI=1S/C28H24O/c1-29-26-19-17-25(18-20-26)28(24-15-9-4-10-16-24)21-27(22-11-5-2-6-12-22)23-13-7-3-8-14-23/h2-21,27H,1H3/b28-21+. The Kier molecular flexibility index (Phi) is 5.87. The van der Waals surface area contributed by atoms with Crippen molar-refractivity contribution in [2.75, 3.05) is 7.11 Å². The number of rotatable bonds is 6. The average molecular weight is 376 g/mol. The van der Waals surface area contributed by atoms with Crippen LogP contribution in [0.1, 0.15) is 28.2 Å². The van der Waals surface area contributed by atoms with Crippen LogP contribution in [0.25, 0.3) is 5.57 Å². The van der Waals surface area contributed by atoms with Crippen LogP contribution in [-0.4, -0.2) is 7.11 Å². The van der Waals surface area contributed by atoms with E-state index >= 15 is 0 Å². The first-order valence-corrected chi connectivity index (χ1v) is 9.87. The Morgan fingerprint density at radius 1 is 0.586 bits per heavy atom. The molecule has 0 radical (unpaired) electrons. The Balaban J connectivity index is 1.88. The molecule has 0 amide bonds. The number of methoxy groups -OCH3 is 1. The zero-order chi connectivity index (χ0) is 19.9. The van der Waals surface area contributed by atoms with Crippen molar-refractivity contribution in [3.8, 4) is 5.75 Å². The van der Waals surface area contributed by atoms with Crippen LogP contribution in [0.5, 0.6) is 5.75 Å². The summed E-state index contributed by atoms with van der Waals surface area (Å²) in [5.41, 5.74) is 6.15. The summed E-state index contributed by atoms with van der Waals surface area (Å²) in [4.78, 5) is 0. The molecule has 0 spiro atoms. The van der Waals surface area contributed by atoms with Crippen LogP contribution >= 0.6 is 0 Å². The zero-order valence-electron chi connectivity index (χ0n) is 16.5. The molecule has 0 bridgehead atoms. The van der Waals surface area contributed by atoms with Gasteiger partial charge in [-0.1, -0.05) is 109 Å². The molecule has 0 atom stereocenters. The molecule has 0 saturated heterocycles. The van der Waals surface area contributed by atoms with Crippen LogP contribution in [0.2, 0.25) is 0 Å². The third-order valence-electron chi connectivity index (χ3n) is 5.14. The van der Waals surface area contributed by atoms with Gasteiger partial charge in [0.15, 0.2) is 0 Å². The quantitative estimate of drug-likeness (QED) is 0.353. The van der Waals surface area contributed by atoms with Gasteiger partial charge >= 0.3 is 0 Å². The average Bonchev–Trinajstić information content (AvgIpc) is 2.82. The highest BCUT2D eigenvalue weighted by molar-refractivity contribution is 5.81. The first kappa shape index (κ1) is 18.8. The van der Waals surface area contributed by atoms with Gasteiger partial charge in [0.05, 0.1) is 7.11 Å². The molecule has 29 heavy (non-hydrogen) atoms. The minimum atomic E-state index is 0.162. The molecular weight excluding hydrogens is 352 g/mol. The lowest BCUT2D eigenvalue weighted by molar-refractivity contribution is 0.415. The van der Waals surface area contributed by atoms with Gasteiger partial charge in [-0.05, 0) is 40.0 Å². The molecule has 1 heteroatoms. The number of hydrogen-bond acceptors (Lipinski definition) is 1. The van der Waals surface area contributed by atoms with Crippen LogP contribution in [0.4, 0.5) is 0 Å². The highest BCUT2D eigenvalue weighted by atomic mass is 16.5. The molecule has 1 nitrogen and oxygen atoms in total. The van der Waals surface area contributed by atoms with E-state index in [1.54, 1.807) is 7.11 Å². The lowest BCUT2D eigenvalue weighted by atomic mass is 9.86. The predicted octanol–water partition coefficient (Wildman–Crippen LogP) is 6.96. The second kappa shape index (κ2) is 9.07. The van der Waals surface area contributed by atoms with Crippen LogP contribution in [-0.2, 0) is 0 Å². The van der Waals surface area contributed by atoms with Crippen molar-refractivity contribution in [1.82, 2.24) is 0 Å². The maximum absolute atomic E-state index is 5.35. The van der Waals surface area contributed by atoms with Gasteiger partial charge in [0, 0.05) is 5.92 Å². The van der Waals surface area contributed by atoms with Crippen molar-refractivity contribution >= 4 is 5.57 Å². The summed E-state index contributed by atoms with van der Waals surface area (Å²) in [6.07, 6.45) is 2.38. The third kappa shape index (κ3) is 4.47. The van der Waals surface area contributed by atoms with Crippen molar-refractivity contribution < 1.29 is 4.74 Å². The minimum absolute atomic E-state index is 0.162. The molecule has 0 unspecified atom stereocenters. The Morgan fingerprint density at radius 3 is 1.52 bits per heavy atom. The monoisotopic (exact) mass is 376 g/mol. The van der Waals surface area contributed by atoms with Crippen molar-refractivity contribution in [1.29, 1.82) is 0 Å². The van der Waals surface area contributed by atoms with Crippen molar-refractivity contribution in [3.63, 3.8) is 0 Å². The summed E-state index contributed by atoms with van der Waals surface area (Å²) in [5.74, 6) is 1.03. The van der Waals surface area contributed by atoms with E-state index in [0.29, 0.717) is 0 Å². The molecule has 0 heterocycles. The Bertz CT molecular complexity index is 1010. The predicted molar refractivity (Wildman–Crippen MR) is 121 cm³/mol. The van der Waals surface area contributed by atoms with Crippen molar-refractivity contribution in [3.05, 3.63) is 144 Å². The molecule has 4 aromatic carbocycles. The Morgan fingerprint density at radius 2 is 1.03 bits per heavy atom. The van der Waals surface area contributed by atoms with Gasteiger partial charge in [-0.25, -0.2) is 0 Å². The van der Waals surface area contributed by atoms with E-state index in [4.69, 9.17) is 4.74 Å². The van der Waals surface area contributed by atoms with Gasteiger partial charge in [0.25, 0.3) is 0 Å². The summed E-state index contributed by atoms with van der Waals surface area (Å²) in [5, 5.41) is 0. The van der Waals surface area contributed by atoms with Gasteiger partial charge in [-0.2, -0.15) is 0 Å². The molecule has 0 aliphatic rings. The first-order valence-electron chi connectivity index (χ1n) is 9.87.